The molecule has 2 heterocycles. The second kappa shape index (κ2) is 10.3. The molecule has 10 heteroatoms. The van der Waals surface area contributed by atoms with Gasteiger partial charge in [-0.3, -0.25) is 9.59 Å². The van der Waals surface area contributed by atoms with Crippen molar-refractivity contribution in [3.8, 4) is 39.9 Å². The molecule has 4 N–H and O–H groups in total. The lowest BCUT2D eigenvalue weighted by atomic mass is 9.90. The molecule has 10 nitrogen and oxygen atoms in total. The van der Waals surface area contributed by atoms with Crippen LogP contribution in [0.2, 0.25) is 0 Å². The number of aromatic carboxylic acids is 1. The van der Waals surface area contributed by atoms with Crippen LogP contribution in [-0.2, 0) is 9.53 Å². The molecule has 0 bridgehead atoms. The summed E-state index contributed by atoms with van der Waals surface area (Å²) in [7, 11) is 1.16. The van der Waals surface area contributed by atoms with Gasteiger partial charge < -0.3 is 34.0 Å². The first kappa shape index (κ1) is 26.1. The third kappa shape index (κ3) is 4.51. The molecule has 2 aromatic heterocycles. The number of aromatic hydroxyl groups is 3. The molecule has 0 saturated heterocycles. The van der Waals surface area contributed by atoms with Gasteiger partial charge in [-0.2, -0.15) is 0 Å². The van der Waals surface area contributed by atoms with Crippen LogP contribution in [0.25, 0.3) is 33.6 Å². The van der Waals surface area contributed by atoms with E-state index in [-0.39, 0.29) is 39.6 Å². The van der Waals surface area contributed by atoms with Gasteiger partial charge in [0.15, 0.2) is 16.9 Å². The van der Waals surface area contributed by atoms with E-state index in [2.05, 4.69) is 0 Å². The molecule has 0 fully saturated rings. The fraction of sp³-hybridized carbons (Fsp3) is 0.100. The Kier molecular flexibility index (Phi) is 6.75. The van der Waals surface area contributed by atoms with E-state index in [4.69, 9.17) is 13.6 Å². The molecule has 40 heavy (non-hydrogen) atoms. The molecule has 0 amide bonds. The molecular weight excluding hydrogens is 520 g/mol. The lowest BCUT2D eigenvalue weighted by Gasteiger charge is -2.19. The number of carbonyl (C=O) groups is 2. The minimum absolute atomic E-state index is 0.0259. The summed E-state index contributed by atoms with van der Waals surface area (Å²) in [5.41, 5.74) is -0.438. The number of hydrogen-bond acceptors (Lipinski definition) is 9. The highest BCUT2D eigenvalue weighted by molar-refractivity contribution is 5.95. The molecule has 0 aliphatic heterocycles. The zero-order valence-corrected chi connectivity index (χ0v) is 21.0. The zero-order valence-electron chi connectivity index (χ0n) is 21.0. The smallest absolute Gasteiger partial charge is 0.336 e. The summed E-state index contributed by atoms with van der Waals surface area (Å²) in [4.78, 5) is 37.4. The number of esters is 1. The SMILES string of the molecule is COC(=O)C[C@@H](c1ccc(-c2ccccc2C(=O)O)o1)c1c(O)c(O)c(O)c2c(=O)cc(-c3ccccc3)oc12. The first-order valence-electron chi connectivity index (χ1n) is 12.0. The van der Waals surface area contributed by atoms with Gasteiger partial charge in [-0.1, -0.05) is 48.5 Å². The summed E-state index contributed by atoms with van der Waals surface area (Å²) >= 11 is 0. The van der Waals surface area contributed by atoms with Crippen LogP contribution in [0.1, 0.15) is 34.0 Å². The number of ether oxygens (including phenoxy) is 1. The number of carboxylic acid groups (broad SMARTS) is 1. The Morgan fingerprint density at radius 2 is 1.55 bits per heavy atom. The monoisotopic (exact) mass is 542 g/mol. The summed E-state index contributed by atoms with van der Waals surface area (Å²) in [6, 6.07) is 18.9. The number of carboxylic acids is 1. The van der Waals surface area contributed by atoms with Gasteiger partial charge in [0.05, 0.1) is 30.6 Å². The summed E-state index contributed by atoms with van der Waals surface area (Å²) in [5.74, 6) is -5.49. The molecule has 0 unspecified atom stereocenters. The lowest BCUT2D eigenvalue weighted by molar-refractivity contribution is -0.140. The van der Waals surface area contributed by atoms with Crippen molar-refractivity contribution < 1.29 is 43.6 Å². The Morgan fingerprint density at radius 1 is 0.850 bits per heavy atom. The van der Waals surface area contributed by atoms with E-state index < -0.39 is 52.3 Å². The highest BCUT2D eigenvalue weighted by Crippen LogP contribution is 2.49. The van der Waals surface area contributed by atoms with Crippen molar-refractivity contribution in [2.75, 3.05) is 7.11 Å². The van der Waals surface area contributed by atoms with E-state index in [1.54, 1.807) is 48.5 Å². The minimum Gasteiger partial charge on any atom is -0.504 e. The van der Waals surface area contributed by atoms with Crippen LogP contribution in [0.4, 0.5) is 0 Å². The topological polar surface area (TPSA) is 168 Å². The molecule has 3 aromatic carbocycles. The van der Waals surface area contributed by atoms with Crippen molar-refractivity contribution in [2.45, 2.75) is 12.3 Å². The fourth-order valence-corrected chi connectivity index (χ4v) is 4.61. The minimum atomic E-state index is -1.19. The van der Waals surface area contributed by atoms with Crippen molar-refractivity contribution in [2.24, 2.45) is 0 Å². The highest BCUT2D eigenvalue weighted by atomic mass is 16.5. The van der Waals surface area contributed by atoms with Crippen molar-refractivity contribution in [3.63, 3.8) is 0 Å². The molecule has 0 aliphatic carbocycles. The van der Waals surface area contributed by atoms with Gasteiger partial charge in [-0.15, -0.1) is 0 Å². The van der Waals surface area contributed by atoms with Gasteiger partial charge in [0.1, 0.15) is 28.2 Å². The summed E-state index contributed by atoms with van der Waals surface area (Å²) in [5, 5.41) is 41.4. The van der Waals surface area contributed by atoms with Crippen LogP contribution in [0.5, 0.6) is 17.2 Å². The second-order valence-corrected chi connectivity index (χ2v) is 8.89. The van der Waals surface area contributed by atoms with E-state index in [1.165, 1.54) is 18.2 Å². The maximum atomic E-state index is 13.2. The number of phenolic OH excluding ortho intramolecular Hbond substituents is 3. The van der Waals surface area contributed by atoms with E-state index >= 15 is 0 Å². The van der Waals surface area contributed by atoms with Crippen molar-refractivity contribution in [3.05, 3.63) is 99.9 Å². The standard InChI is InChI=1S/C30H22O10/c1-38-23(32)13-18(21-12-11-20(39-21)16-9-5-6-10-17(16)30(36)37)24-26(33)28(35)27(34)25-19(31)14-22(40-29(24)25)15-7-3-2-4-8-15/h2-12,14,18,33-35H,13H2,1H3,(H,36,37)/t18-/m0/s1. The van der Waals surface area contributed by atoms with Gasteiger partial charge >= 0.3 is 11.9 Å². The first-order valence-corrected chi connectivity index (χ1v) is 12.0. The Hall–Kier alpha value is -5.51. The zero-order chi connectivity index (χ0) is 28.6. The molecule has 1 atom stereocenters. The Bertz CT molecular complexity index is 1810. The predicted octanol–water partition coefficient (Wildman–Crippen LogP) is 5.23. The van der Waals surface area contributed by atoms with Gasteiger partial charge in [-0.05, 0) is 18.2 Å². The number of methoxy groups -OCH3 is 1. The average Bonchev–Trinajstić information content (AvgIpc) is 3.45. The van der Waals surface area contributed by atoms with E-state index in [9.17, 15) is 34.8 Å². The number of furan rings is 1. The van der Waals surface area contributed by atoms with Crippen LogP contribution in [0.15, 0.2) is 86.4 Å². The summed E-state index contributed by atoms with van der Waals surface area (Å²) in [6.07, 6.45) is -0.434. The Labute approximate surface area is 225 Å². The fourth-order valence-electron chi connectivity index (χ4n) is 4.61. The van der Waals surface area contributed by atoms with Crippen LogP contribution in [-0.4, -0.2) is 39.5 Å². The third-order valence-electron chi connectivity index (χ3n) is 6.53. The van der Waals surface area contributed by atoms with Gasteiger partial charge in [-0.25, -0.2) is 4.79 Å². The maximum absolute atomic E-state index is 13.2. The van der Waals surface area contributed by atoms with Gasteiger partial charge in [0, 0.05) is 17.2 Å². The first-order chi connectivity index (χ1) is 19.2. The second-order valence-electron chi connectivity index (χ2n) is 8.89. The number of phenols is 3. The van der Waals surface area contributed by atoms with Gasteiger partial charge in [0.25, 0.3) is 0 Å². The van der Waals surface area contributed by atoms with E-state index in [0.717, 1.165) is 13.2 Å². The number of benzene rings is 3. The van der Waals surface area contributed by atoms with Crippen molar-refractivity contribution >= 4 is 22.9 Å². The predicted molar refractivity (Wildman–Crippen MR) is 142 cm³/mol. The van der Waals surface area contributed by atoms with Crippen molar-refractivity contribution in [1.29, 1.82) is 0 Å². The molecular formula is C30H22O10. The van der Waals surface area contributed by atoms with Gasteiger partial charge in [0.2, 0.25) is 5.75 Å². The largest absolute Gasteiger partial charge is 0.504 e. The molecule has 0 radical (unpaired) electrons. The Morgan fingerprint density at radius 3 is 2.25 bits per heavy atom. The van der Waals surface area contributed by atoms with Crippen LogP contribution in [0.3, 0.4) is 0 Å². The molecule has 202 valence electrons. The van der Waals surface area contributed by atoms with Crippen LogP contribution < -0.4 is 5.43 Å². The average molecular weight is 542 g/mol. The highest BCUT2D eigenvalue weighted by Gasteiger charge is 2.33. The number of fused-ring (bicyclic) bond motifs is 1. The molecule has 5 aromatic rings. The Balaban J connectivity index is 1.78. The number of hydrogen-bond donors (Lipinski definition) is 4. The molecule has 0 aliphatic rings. The van der Waals surface area contributed by atoms with E-state index in [0.29, 0.717) is 5.56 Å². The molecule has 0 spiro atoms. The number of carbonyl (C=O) groups excluding carboxylic acids is 1. The normalized spacial score (nSPS) is 11.8. The van der Waals surface area contributed by atoms with E-state index in [1.807, 2.05) is 0 Å². The van der Waals surface area contributed by atoms with Crippen LogP contribution in [0, 0.1) is 0 Å². The molecule has 0 saturated carbocycles. The van der Waals surface area contributed by atoms with Crippen molar-refractivity contribution in [1.82, 2.24) is 0 Å². The lowest BCUT2D eigenvalue weighted by Crippen LogP contribution is -2.12. The maximum Gasteiger partial charge on any atom is 0.336 e. The quantitative estimate of drug-likeness (QED) is 0.158. The number of rotatable bonds is 7. The van der Waals surface area contributed by atoms with Crippen LogP contribution >= 0.6 is 0 Å². The molecule has 5 rings (SSSR count). The summed E-state index contributed by atoms with van der Waals surface area (Å²) < 4.78 is 16.9. The summed E-state index contributed by atoms with van der Waals surface area (Å²) in [6.45, 7) is 0. The third-order valence-corrected chi connectivity index (χ3v) is 6.53.